The molecule has 0 fully saturated rings. The van der Waals surface area contributed by atoms with Crippen LogP contribution < -0.4 is 21.1 Å². The Labute approximate surface area is 144 Å². The van der Waals surface area contributed by atoms with Gasteiger partial charge in [-0.05, 0) is 6.07 Å². The Bertz CT molecular complexity index is 764. The van der Waals surface area contributed by atoms with Crippen molar-refractivity contribution in [2.75, 3.05) is 30.9 Å². The summed E-state index contributed by atoms with van der Waals surface area (Å²) in [6.07, 6.45) is 1.38. The third-order valence-corrected chi connectivity index (χ3v) is 3.07. The highest BCUT2D eigenvalue weighted by Crippen LogP contribution is 2.32. The van der Waals surface area contributed by atoms with Crippen LogP contribution in [0.1, 0.15) is 0 Å². The molecule has 9 nitrogen and oxygen atoms in total. The number of fused-ring (bicyclic) bond motifs is 1. The van der Waals surface area contributed by atoms with E-state index in [2.05, 4.69) is 20.6 Å². The van der Waals surface area contributed by atoms with E-state index in [0.717, 1.165) is 0 Å². The standard InChI is InChI=1S/C14H16N6O3.ClH/c1-23-12-5-9-8(14(17-2-3-21)19-7-18-9)4-10(12)20-11(6-15)13(16)22;/h4-5,7,11,20-21H,2-3H2,1H3,(H2,16,22)(H,17,18,19);1H. The van der Waals surface area contributed by atoms with Crippen LogP contribution in [-0.2, 0) is 4.79 Å². The number of benzene rings is 1. The van der Waals surface area contributed by atoms with Gasteiger partial charge in [-0.3, -0.25) is 4.79 Å². The fraction of sp³-hybridized carbons (Fsp3) is 0.286. The number of ether oxygens (including phenoxy) is 1. The van der Waals surface area contributed by atoms with E-state index < -0.39 is 11.9 Å². The molecule has 1 aromatic heterocycles. The molecule has 2 rings (SSSR count). The topological polar surface area (TPSA) is 146 Å². The summed E-state index contributed by atoms with van der Waals surface area (Å²) < 4.78 is 5.25. The fourth-order valence-corrected chi connectivity index (χ4v) is 2.00. The summed E-state index contributed by atoms with van der Waals surface area (Å²) in [5.41, 5.74) is 6.18. The minimum absolute atomic E-state index is 0. The fourth-order valence-electron chi connectivity index (χ4n) is 2.00. The number of hydrogen-bond acceptors (Lipinski definition) is 8. The van der Waals surface area contributed by atoms with E-state index in [1.807, 2.05) is 0 Å². The average molecular weight is 353 g/mol. The van der Waals surface area contributed by atoms with Gasteiger partial charge in [0.25, 0.3) is 5.91 Å². The smallest absolute Gasteiger partial charge is 0.254 e. The Kier molecular flexibility index (Phi) is 6.98. The molecular formula is C14H17ClN6O3. The lowest BCUT2D eigenvalue weighted by Gasteiger charge is -2.15. The van der Waals surface area contributed by atoms with E-state index in [1.54, 1.807) is 18.2 Å². The van der Waals surface area contributed by atoms with Crippen molar-refractivity contribution in [3.05, 3.63) is 18.5 Å². The average Bonchev–Trinajstić information content (AvgIpc) is 2.56. The highest BCUT2D eigenvalue weighted by atomic mass is 35.5. The molecule has 1 aromatic carbocycles. The molecule has 0 bridgehead atoms. The zero-order chi connectivity index (χ0) is 16.8. The van der Waals surface area contributed by atoms with Crippen LogP contribution in [0.25, 0.3) is 10.9 Å². The van der Waals surface area contributed by atoms with Crippen LogP contribution in [0.5, 0.6) is 5.75 Å². The number of primary amides is 1. The maximum absolute atomic E-state index is 11.2. The SMILES string of the molecule is COc1cc2ncnc(NCCO)c2cc1NC(C#N)C(N)=O.Cl. The van der Waals surface area contributed by atoms with Crippen LogP contribution in [0.15, 0.2) is 18.5 Å². The Balaban J connectivity index is 0.00000288. The molecule has 2 aromatic rings. The number of hydrogen-bond donors (Lipinski definition) is 4. The zero-order valence-corrected chi connectivity index (χ0v) is 13.6. The quantitative estimate of drug-likeness (QED) is 0.554. The number of amides is 1. The van der Waals surface area contributed by atoms with Crippen molar-refractivity contribution in [1.82, 2.24) is 9.97 Å². The summed E-state index contributed by atoms with van der Waals surface area (Å²) in [6, 6.07) is 3.89. The lowest BCUT2D eigenvalue weighted by molar-refractivity contribution is -0.117. The van der Waals surface area contributed by atoms with Gasteiger partial charge in [0.05, 0.1) is 31.0 Å². The predicted molar refractivity (Wildman–Crippen MR) is 91.1 cm³/mol. The molecule has 0 saturated carbocycles. The number of nitriles is 1. The second kappa shape index (κ2) is 8.71. The lowest BCUT2D eigenvalue weighted by Crippen LogP contribution is -2.34. The molecule has 0 aliphatic heterocycles. The number of aromatic nitrogens is 2. The normalized spacial score (nSPS) is 11.0. The van der Waals surface area contributed by atoms with Crippen molar-refractivity contribution in [3.8, 4) is 11.8 Å². The zero-order valence-electron chi connectivity index (χ0n) is 12.8. The van der Waals surface area contributed by atoms with Crippen molar-refractivity contribution < 1.29 is 14.6 Å². The first-order valence-electron chi connectivity index (χ1n) is 6.73. The van der Waals surface area contributed by atoms with Crippen molar-refractivity contribution in [1.29, 1.82) is 5.26 Å². The molecule has 0 radical (unpaired) electrons. The molecule has 24 heavy (non-hydrogen) atoms. The van der Waals surface area contributed by atoms with E-state index in [9.17, 15) is 4.79 Å². The molecule has 1 heterocycles. The van der Waals surface area contributed by atoms with Gasteiger partial charge in [0.15, 0.2) is 6.04 Å². The largest absolute Gasteiger partial charge is 0.495 e. The minimum Gasteiger partial charge on any atom is -0.495 e. The molecular weight excluding hydrogens is 336 g/mol. The summed E-state index contributed by atoms with van der Waals surface area (Å²) in [4.78, 5) is 19.5. The lowest BCUT2D eigenvalue weighted by atomic mass is 10.1. The minimum atomic E-state index is -1.19. The molecule has 0 saturated heterocycles. The number of halogens is 1. The van der Waals surface area contributed by atoms with Crippen LogP contribution >= 0.6 is 12.4 Å². The van der Waals surface area contributed by atoms with Gasteiger partial charge in [0.2, 0.25) is 0 Å². The number of nitrogens with zero attached hydrogens (tertiary/aromatic N) is 3. The number of nitrogens with two attached hydrogens (primary N) is 1. The molecule has 1 amide bonds. The van der Waals surface area contributed by atoms with Crippen LogP contribution in [0.4, 0.5) is 11.5 Å². The number of nitrogens with one attached hydrogen (secondary N) is 2. The monoisotopic (exact) mass is 352 g/mol. The number of rotatable bonds is 7. The molecule has 1 atom stereocenters. The van der Waals surface area contributed by atoms with Gasteiger partial charge in [-0.2, -0.15) is 5.26 Å². The summed E-state index contributed by atoms with van der Waals surface area (Å²) in [7, 11) is 1.46. The third kappa shape index (κ3) is 4.13. The first kappa shape index (κ1) is 19.2. The molecule has 5 N–H and O–H groups in total. The molecule has 0 spiro atoms. The van der Waals surface area contributed by atoms with E-state index >= 15 is 0 Å². The first-order chi connectivity index (χ1) is 11.1. The number of aliphatic hydroxyl groups is 1. The summed E-state index contributed by atoms with van der Waals surface area (Å²) in [6.45, 7) is 0.272. The van der Waals surface area contributed by atoms with Crippen LogP contribution in [0, 0.1) is 11.3 Å². The van der Waals surface area contributed by atoms with Crippen LogP contribution in [0.3, 0.4) is 0 Å². The van der Waals surface area contributed by atoms with E-state index in [0.29, 0.717) is 34.7 Å². The number of aliphatic hydroxyl groups excluding tert-OH is 1. The van der Waals surface area contributed by atoms with Gasteiger partial charge in [0, 0.05) is 18.0 Å². The van der Waals surface area contributed by atoms with Gasteiger partial charge >= 0.3 is 0 Å². The van der Waals surface area contributed by atoms with Crippen molar-refractivity contribution >= 4 is 40.7 Å². The van der Waals surface area contributed by atoms with Gasteiger partial charge in [-0.1, -0.05) is 0 Å². The Morgan fingerprint density at radius 2 is 2.25 bits per heavy atom. The van der Waals surface area contributed by atoms with Gasteiger partial charge in [0.1, 0.15) is 17.9 Å². The molecule has 128 valence electrons. The van der Waals surface area contributed by atoms with Gasteiger partial charge in [-0.15, -0.1) is 12.4 Å². The van der Waals surface area contributed by atoms with E-state index in [4.69, 9.17) is 20.8 Å². The van der Waals surface area contributed by atoms with Crippen molar-refractivity contribution in [2.45, 2.75) is 6.04 Å². The number of anilines is 2. The first-order valence-corrected chi connectivity index (χ1v) is 6.73. The molecule has 0 aliphatic carbocycles. The molecule has 0 aliphatic rings. The molecule has 1 unspecified atom stereocenters. The molecule has 10 heteroatoms. The highest BCUT2D eigenvalue weighted by Gasteiger charge is 2.17. The van der Waals surface area contributed by atoms with Gasteiger partial charge in [-0.25, -0.2) is 9.97 Å². The third-order valence-electron chi connectivity index (χ3n) is 3.07. The van der Waals surface area contributed by atoms with Crippen LogP contribution in [-0.4, -0.2) is 47.3 Å². The van der Waals surface area contributed by atoms with E-state index in [1.165, 1.54) is 13.4 Å². The summed E-state index contributed by atoms with van der Waals surface area (Å²) in [5, 5.41) is 24.2. The number of carbonyl (C=O) groups excluding carboxylic acids is 1. The second-order valence-electron chi connectivity index (χ2n) is 4.55. The highest BCUT2D eigenvalue weighted by molar-refractivity contribution is 5.95. The maximum Gasteiger partial charge on any atom is 0.254 e. The summed E-state index contributed by atoms with van der Waals surface area (Å²) in [5.74, 6) is 0.130. The van der Waals surface area contributed by atoms with Crippen molar-refractivity contribution in [2.24, 2.45) is 5.73 Å². The van der Waals surface area contributed by atoms with Crippen molar-refractivity contribution in [3.63, 3.8) is 0 Å². The number of methoxy groups -OCH3 is 1. The number of carbonyl (C=O) groups is 1. The van der Waals surface area contributed by atoms with Crippen LogP contribution in [0.2, 0.25) is 0 Å². The second-order valence-corrected chi connectivity index (χ2v) is 4.55. The van der Waals surface area contributed by atoms with Gasteiger partial charge < -0.3 is 26.2 Å². The predicted octanol–water partition coefficient (Wildman–Crippen LogP) is 0.254. The maximum atomic E-state index is 11.2. The Morgan fingerprint density at radius 1 is 1.50 bits per heavy atom. The summed E-state index contributed by atoms with van der Waals surface area (Å²) >= 11 is 0. The Morgan fingerprint density at radius 3 is 2.83 bits per heavy atom. The Hall–Kier alpha value is -2.83. The van der Waals surface area contributed by atoms with E-state index in [-0.39, 0.29) is 19.0 Å².